The van der Waals surface area contributed by atoms with Gasteiger partial charge in [-0.2, -0.15) is 0 Å². The maximum absolute atomic E-state index is 11.5. The van der Waals surface area contributed by atoms with Gasteiger partial charge in [0.1, 0.15) is 15.7 Å². The maximum atomic E-state index is 11.5. The molecule has 0 aromatic carbocycles. The smallest absolute Gasteiger partial charge is 0.222 e. The number of sulfone groups is 1. The molecule has 0 aliphatic rings. The molecule has 1 aromatic heterocycles. The van der Waals surface area contributed by atoms with Gasteiger partial charge in [-0.15, -0.1) is 0 Å². The third-order valence-corrected chi connectivity index (χ3v) is 10.9. The number of unbranched alkanes of at least 4 members (excludes halogenated alkanes) is 1. The maximum Gasteiger partial charge on any atom is 0.222 e. The topological polar surface area (TPSA) is 107 Å². The lowest BCUT2D eigenvalue weighted by Crippen LogP contribution is -2.29. The van der Waals surface area contributed by atoms with E-state index in [9.17, 15) is 22.7 Å². The predicted molar refractivity (Wildman–Crippen MR) is 310 cm³/mol. The summed E-state index contributed by atoms with van der Waals surface area (Å²) in [5.74, 6) is 1.47. The first-order valence-electron chi connectivity index (χ1n) is 26.8. The fourth-order valence-corrected chi connectivity index (χ4v) is 6.54. The average Bonchev–Trinajstić information content (AvgIpc) is 3.11. The number of carbonyl (C=O) groups excluding carboxylic acids is 1. The summed E-state index contributed by atoms with van der Waals surface area (Å²) >= 11 is 0. The fourth-order valence-electron chi connectivity index (χ4n) is 5.56. The number of hydrogen-bond donors (Lipinski definition) is 1. The lowest BCUT2D eigenvalue weighted by atomic mass is 9.89. The summed E-state index contributed by atoms with van der Waals surface area (Å²) in [7, 11) is 4.77. The summed E-state index contributed by atoms with van der Waals surface area (Å²) in [4.78, 5) is 25.6. The highest BCUT2D eigenvalue weighted by Crippen LogP contribution is 2.24. The van der Waals surface area contributed by atoms with Gasteiger partial charge >= 0.3 is 0 Å². The van der Waals surface area contributed by atoms with Gasteiger partial charge in [-0.3, -0.25) is 9.18 Å². The molecule has 9 nitrogen and oxygen atoms in total. The Morgan fingerprint density at radius 1 is 0.614 bits per heavy atom. The van der Waals surface area contributed by atoms with Crippen LogP contribution < -0.4 is 0 Å². The molecule has 0 fully saturated rings. The lowest BCUT2D eigenvalue weighted by molar-refractivity contribution is -0.130. The number of aromatic nitrogens is 2. The van der Waals surface area contributed by atoms with Gasteiger partial charge in [0, 0.05) is 52.1 Å². The minimum atomic E-state index is -2.76. The van der Waals surface area contributed by atoms with Gasteiger partial charge in [-0.05, 0) is 123 Å². The van der Waals surface area contributed by atoms with E-state index < -0.39 is 9.84 Å². The summed E-state index contributed by atoms with van der Waals surface area (Å²) in [5, 5.41) is 9.51. The molecule has 1 heterocycles. The molecule has 0 aliphatic heterocycles. The molecular weight excluding hydrogens is 894 g/mol. The second-order valence-corrected chi connectivity index (χ2v) is 30.5. The van der Waals surface area contributed by atoms with Crippen molar-refractivity contribution in [3.8, 4) is 0 Å². The van der Waals surface area contributed by atoms with Crippen molar-refractivity contribution in [2.75, 3.05) is 73.1 Å². The number of aliphatic hydroxyl groups excluding tert-OH is 1. The Balaban J connectivity index is -0.000000172. The molecule has 1 unspecified atom stereocenters. The monoisotopic (exact) mass is 1020 g/mol. The molecule has 0 saturated heterocycles. The molecule has 11 heteroatoms. The van der Waals surface area contributed by atoms with E-state index in [-0.39, 0.29) is 40.3 Å². The zero-order valence-electron chi connectivity index (χ0n) is 52.5. The number of aliphatic hydroxyl groups is 1. The molecule has 1 atom stereocenters. The largest absolute Gasteiger partial charge is 0.392 e. The average molecular weight is 1020 g/mol. The van der Waals surface area contributed by atoms with Crippen LogP contribution in [-0.4, -0.2) is 123 Å². The SMILES string of the molecule is CC(C)(C)CCCc1ncccn1.CC(C)(C)CCF.CC(C)(C)CCS(C)(=O)=O.CCCCC(C)(C)C.CCN(CC)CCC(C)(C)C.CN(C)C(=O)CC(C)(C)C.CN(C)CC(O)CC(C)(C)C. The molecule has 0 aliphatic carbocycles. The van der Waals surface area contributed by atoms with E-state index in [4.69, 9.17) is 0 Å². The molecule has 0 radical (unpaired) electrons. The van der Waals surface area contributed by atoms with Crippen LogP contribution in [0.1, 0.15) is 236 Å². The first-order chi connectivity index (χ1) is 31.0. The minimum absolute atomic E-state index is 0.112. The Morgan fingerprint density at radius 3 is 1.24 bits per heavy atom. The number of aryl methyl sites for hydroxylation is 1. The van der Waals surface area contributed by atoms with Crippen LogP contribution >= 0.6 is 0 Å². The van der Waals surface area contributed by atoms with Gasteiger partial charge in [-0.1, -0.05) is 179 Å². The molecular formula is C59H126FN5O4S. The van der Waals surface area contributed by atoms with Crippen LogP contribution in [-0.2, 0) is 21.1 Å². The van der Waals surface area contributed by atoms with Crippen molar-refractivity contribution in [1.29, 1.82) is 0 Å². The second-order valence-electron chi connectivity index (χ2n) is 28.2. The van der Waals surface area contributed by atoms with Gasteiger partial charge in [0.05, 0.1) is 18.5 Å². The standard InChI is InChI=1S/C11H18N2.C10H23N.C9H21NO.C8H17NO.C8H18.C7H16O2S.C6H13F/c1-11(2,3)7-4-6-10-12-8-5-9-13-10;1-6-11(7-2)9-8-10(3,4)5;1-9(2,3)6-8(11)7-10(4)5;1-8(2,3)6-7(10)9(4)5;1-5-6-7-8(2,3)4;1-7(2,3)5-6-10(4,8)9;1-6(2,3)4-5-7/h5,8-9H,4,6-7H2,1-3H3;6-9H2,1-5H3;8,11H,6-7H2,1-5H3;6H2,1-5H3;5-7H2,1-4H3;5-6H2,1-4H3;4-5H2,1-3H3. The summed E-state index contributed by atoms with van der Waals surface area (Å²) < 4.78 is 32.8. The molecule has 0 saturated carbocycles. The van der Waals surface area contributed by atoms with Crippen molar-refractivity contribution >= 4 is 15.7 Å². The highest BCUT2D eigenvalue weighted by atomic mass is 32.2. The molecule has 0 bridgehead atoms. The fraction of sp³-hybridized carbons (Fsp3) is 0.915. The van der Waals surface area contributed by atoms with Crippen LogP contribution in [0.3, 0.4) is 0 Å². The summed E-state index contributed by atoms with van der Waals surface area (Å²) in [6.07, 6.45) is 16.4. The van der Waals surface area contributed by atoms with E-state index >= 15 is 0 Å². The Labute approximate surface area is 439 Å². The van der Waals surface area contributed by atoms with Gasteiger partial charge in [0.15, 0.2) is 0 Å². The van der Waals surface area contributed by atoms with Gasteiger partial charge in [0.2, 0.25) is 5.91 Å². The third kappa shape index (κ3) is 86.1. The lowest BCUT2D eigenvalue weighted by Gasteiger charge is -2.24. The summed E-state index contributed by atoms with van der Waals surface area (Å²) in [5.41, 5.74) is 2.11. The normalized spacial score (nSPS) is 12.7. The van der Waals surface area contributed by atoms with E-state index in [1.807, 2.05) is 66.6 Å². The van der Waals surface area contributed by atoms with Crippen molar-refractivity contribution in [3.63, 3.8) is 0 Å². The molecule has 0 spiro atoms. The van der Waals surface area contributed by atoms with Crippen molar-refractivity contribution in [1.82, 2.24) is 24.7 Å². The van der Waals surface area contributed by atoms with E-state index in [2.05, 4.69) is 139 Å². The number of carbonyl (C=O) groups is 1. The number of nitrogens with zero attached hydrogens (tertiary/aromatic N) is 5. The molecule has 1 rings (SSSR count). The van der Waals surface area contributed by atoms with E-state index in [1.54, 1.807) is 31.4 Å². The number of alkyl halides is 1. The predicted octanol–water partition coefficient (Wildman–Crippen LogP) is 15.5. The van der Waals surface area contributed by atoms with Crippen molar-refractivity contribution in [2.24, 2.45) is 37.9 Å². The van der Waals surface area contributed by atoms with Gasteiger partial charge < -0.3 is 19.8 Å². The highest BCUT2D eigenvalue weighted by Gasteiger charge is 2.18. The molecule has 1 N–H and O–H groups in total. The van der Waals surface area contributed by atoms with E-state index in [0.29, 0.717) is 34.8 Å². The number of halogens is 1. The molecule has 424 valence electrons. The van der Waals surface area contributed by atoms with Crippen LogP contribution in [0.15, 0.2) is 18.5 Å². The molecule has 1 amide bonds. The third-order valence-electron chi connectivity index (χ3n) is 9.97. The first kappa shape index (κ1) is 79.7. The van der Waals surface area contributed by atoms with Crippen molar-refractivity contribution in [3.05, 3.63) is 24.3 Å². The van der Waals surface area contributed by atoms with Crippen molar-refractivity contribution < 1.29 is 22.7 Å². The number of rotatable bonds is 16. The Kier molecular flexibility index (Phi) is 45.2. The van der Waals surface area contributed by atoms with Crippen LogP contribution in [0.5, 0.6) is 0 Å². The van der Waals surface area contributed by atoms with E-state index in [0.717, 1.165) is 31.6 Å². The number of hydrogen-bond acceptors (Lipinski definition) is 8. The summed E-state index contributed by atoms with van der Waals surface area (Å²) in [6, 6.07) is 1.85. The van der Waals surface area contributed by atoms with Crippen LogP contribution in [0, 0.1) is 37.9 Å². The second kappa shape index (κ2) is 39.7. The van der Waals surface area contributed by atoms with E-state index in [1.165, 1.54) is 64.4 Å². The Bertz CT molecular complexity index is 1430. The number of likely N-dealkylation sites (N-methyl/N-ethyl adjacent to an activating group) is 1. The van der Waals surface area contributed by atoms with Crippen LogP contribution in [0.2, 0.25) is 0 Å². The Morgan fingerprint density at radius 2 is 1.01 bits per heavy atom. The zero-order valence-corrected chi connectivity index (χ0v) is 53.3. The zero-order chi connectivity index (χ0) is 57.0. The minimum Gasteiger partial charge on any atom is -0.392 e. The Hall–Kier alpha value is -1.69. The highest BCUT2D eigenvalue weighted by molar-refractivity contribution is 7.90. The van der Waals surface area contributed by atoms with Gasteiger partial charge in [0.25, 0.3) is 0 Å². The van der Waals surface area contributed by atoms with Crippen LogP contribution in [0.25, 0.3) is 0 Å². The first-order valence-corrected chi connectivity index (χ1v) is 28.8. The quantitative estimate of drug-likeness (QED) is 0.174. The van der Waals surface area contributed by atoms with Crippen molar-refractivity contribution in [2.45, 2.75) is 243 Å². The molecule has 70 heavy (non-hydrogen) atoms. The number of amides is 1. The van der Waals surface area contributed by atoms with Crippen LogP contribution in [0.4, 0.5) is 4.39 Å². The molecule has 1 aromatic rings. The van der Waals surface area contributed by atoms with Gasteiger partial charge in [-0.25, -0.2) is 18.4 Å². The summed E-state index contributed by atoms with van der Waals surface area (Å²) in [6.45, 7) is 56.3.